The zero-order chi connectivity index (χ0) is 8.43. The Morgan fingerprint density at radius 3 is 2.36 bits per heavy atom. The summed E-state index contributed by atoms with van der Waals surface area (Å²) >= 11 is 7.63. The average molecular weight is 185 g/mol. The van der Waals surface area contributed by atoms with Gasteiger partial charge in [0.1, 0.15) is 0 Å². The SMILES string of the molecule is C=Cc1sc(C)c(Cl)c1C=C. The largest absolute Gasteiger partial charge is 0.139 e. The van der Waals surface area contributed by atoms with Crippen molar-refractivity contribution < 1.29 is 0 Å². The quantitative estimate of drug-likeness (QED) is 0.652. The van der Waals surface area contributed by atoms with Crippen molar-refractivity contribution in [3.8, 4) is 0 Å². The van der Waals surface area contributed by atoms with E-state index in [4.69, 9.17) is 11.6 Å². The van der Waals surface area contributed by atoms with E-state index in [2.05, 4.69) is 13.2 Å². The Morgan fingerprint density at radius 2 is 2.00 bits per heavy atom. The van der Waals surface area contributed by atoms with Gasteiger partial charge in [-0.1, -0.05) is 36.9 Å². The highest BCUT2D eigenvalue weighted by atomic mass is 35.5. The third-order valence-electron chi connectivity index (χ3n) is 1.46. The molecule has 2 heteroatoms. The first kappa shape index (κ1) is 8.57. The van der Waals surface area contributed by atoms with Crippen molar-refractivity contribution in [3.05, 3.63) is 33.5 Å². The van der Waals surface area contributed by atoms with E-state index in [1.54, 1.807) is 23.5 Å². The predicted molar refractivity (Wildman–Crippen MR) is 54.2 cm³/mol. The Kier molecular flexibility index (Phi) is 2.53. The molecule has 0 atom stereocenters. The van der Waals surface area contributed by atoms with Crippen LogP contribution < -0.4 is 0 Å². The first-order valence-corrected chi connectivity index (χ1v) is 4.44. The summed E-state index contributed by atoms with van der Waals surface area (Å²) in [5.74, 6) is 0. The fraction of sp³-hybridized carbons (Fsp3) is 0.111. The molecule has 0 saturated carbocycles. The lowest BCUT2D eigenvalue weighted by atomic mass is 10.2. The van der Waals surface area contributed by atoms with Crippen molar-refractivity contribution in [2.75, 3.05) is 0 Å². The van der Waals surface area contributed by atoms with Crippen LogP contribution in [0.5, 0.6) is 0 Å². The van der Waals surface area contributed by atoms with Gasteiger partial charge in [0.25, 0.3) is 0 Å². The number of hydrogen-bond donors (Lipinski definition) is 0. The molecule has 0 aliphatic heterocycles. The molecule has 0 bridgehead atoms. The van der Waals surface area contributed by atoms with Crippen LogP contribution in [-0.4, -0.2) is 0 Å². The lowest BCUT2D eigenvalue weighted by Gasteiger charge is -1.89. The second-order valence-corrected chi connectivity index (χ2v) is 3.79. The first-order valence-electron chi connectivity index (χ1n) is 3.24. The summed E-state index contributed by atoms with van der Waals surface area (Å²) in [6, 6.07) is 0. The number of halogens is 1. The molecule has 1 aromatic rings. The van der Waals surface area contributed by atoms with Crippen molar-refractivity contribution in [3.63, 3.8) is 0 Å². The van der Waals surface area contributed by atoms with Gasteiger partial charge in [-0.2, -0.15) is 0 Å². The van der Waals surface area contributed by atoms with Crippen LogP contribution in [-0.2, 0) is 0 Å². The van der Waals surface area contributed by atoms with Crippen LogP contribution in [0.4, 0.5) is 0 Å². The van der Waals surface area contributed by atoms with E-state index in [0.29, 0.717) is 0 Å². The number of aryl methyl sites for hydroxylation is 1. The van der Waals surface area contributed by atoms with Crippen molar-refractivity contribution in [2.24, 2.45) is 0 Å². The Balaban J connectivity index is 3.37. The maximum absolute atomic E-state index is 5.98. The molecule has 11 heavy (non-hydrogen) atoms. The molecule has 0 spiro atoms. The number of rotatable bonds is 2. The second kappa shape index (κ2) is 3.24. The van der Waals surface area contributed by atoms with E-state index in [9.17, 15) is 0 Å². The van der Waals surface area contributed by atoms with Gasteiger partial charge in [0, 0.05) is 15.3 Å². The molecule has 0 N–H and O–H groups in total. The molecule has 0 aliphatic carbocycles. The minimum Gasteiger partial charge on any atom is -0.139 e. The molecule has 0 amide bonds. The summed E-state index contributed by atoms with van der Waals surface area (Å²) in [5, 5.41) is 0.805. The van der Waals surface area contributed by atoms with Crippen LogP contribution >= 0.6 is 22.9 Å². The normalized spacial score (nSPS) is 9.64. The van der Waals surface area contributed by atoms with E-state index in [-0.39, 0.29) is 0 Å². The minimum absolute atomic E-state index is 0.805. The van der Waals surface area contributed by atoms with Crippen molar-refractivity contribution in [1.82, 2.24) is 0 Å². The molecule has 0 fully saturated rings. The summed E-state index contributed by atoms with van der Waals surface area (Å²) < 4.78 is 0. The molecule has 0 saturated heterocycles. The van der Waals surface area contributed by atoms with E-state index >= 15 is 0 Å². The summed E-state index contributed by atoms with van der Waals surface area (Å²) in [7, 11) is 0. The van der Waals surface area contributed by atoms with Gasteiger partial charge >= 0.3 is 0 Å². The Bertz CT molecular complexity index is 297. The van der Waals surface area contributed by atoms with Gasteiger partial charge in [0.15, 0.2) is 0 Å². The van der Waals surface area contributed by atoms with Crippen LogP contribution in [0.25, 0.3) is 12.2 Å². The van der Waals surface area contributed by atoms with Gasteiger partial charge in [-0.05, 0) is 6.92 Å². The van der Waals surface area contributed by atoms with Crippen LogP contribution in [0.3, 0.4) is 0 Å². The van der Waals surface area contributed by atoms with E-state index < -0.39 is 0 Å². The van der Waals surface area contributed by atoms with Crippen molar-refractivity contribution >= 4 is 35.1 Å². The van der Waals surface area contributed by atoms with Crippen molar-refractivity contribution in [2.45, 2.75) is 6.92 Å². The summed E-state index contributed by atoms with van der Waals surface area (Å²) in [4.78, 5) is 2.22. The first-order chi connectivity index (χ1) is 5.20. The van der Waals surface area contributed by atoms with E-state index in [0.717, 1.165) is 20.3 Å². The maximum atomic E-state index is 5.98. The summed E-state index contributed by atoms with van der Waals surface area (Å²) in [5.41, 5.74) is 1.00. The highest BCUT2D eigenvalue weighted by Gasteiger charge is 2.07. The summed E-state index contributed by atoms with van der Waals surface area (Å²) in [6.45, 7) is 9.38. The van der Waals surface area contributed by atoms with Gasteiger partial charge in [0.2, 0.25) is 0 Å². The molecule has 0 nitrogen and oxygen atoms in total. The van der Waals surface area contributed by atoms with Gasteiger partial charge < -0.3 is 0 Å². The Labute approximate surface area is 75.8 Å². The minimum atomic E-state index is 0.805. The topological polar surface area (TPSA) is 0 Å². The molecule has 0 aromatic carbocycles. The lowest BCUT2D eigenvalue weighted by molar-refractivity contribution is 1.62. The average Bonchev–Trinajstić information content (AvgIpc) is 2.28. The molecule has 1 aromatic heterocycles. The maximum Gasteiger partial charge on any atom is 0.0620 e. The Morgan fingerprint density at radius 1 is 1.36 bits per heavy atom. The smallest absolute Gasteiger partial charge is 0.0620 e. The van der Waals surface area contributed by atoms with Gasteiger partial charge in [-0.25, -0.2) is 0 Å². The van der Waals surface area contributed by atoms with Gasteiger partial charge in [-0.15, -0.1) is 11.3 Å². The van der Waals surface area contributed by atoms with Gasteiger partial charge in [-0.3, -0.25) is 0 Å². The molecule has 0 aliphatic rings. The highest BCUT2D eigenvalue weighted by molar-refractivity contribution is 7.13. The third-order valence-corrected chi connectivity index (χ3v) is 3.18. The molecule has 1 rings (SSSR count). The third kappa shape index (κ3) is 1.39. The highest BCUT2D eigenvalue weighted by Crippen LogP contribution is 2.33. The van der Waals surface area contributed by atoms with Gasteiger partial charge in [0.05, 0.1) is 5.02 Å². The zero-order valence-electron chi connectivity index (χ0n) is 6.36. The van der Waals surface area contributed by atoms with Crippen LogP contribution in [0, 0.1) is 6.92 Å². The predicted octanol–water partition coefficient (Wildman–Crippen LogP) is 4.00. The molecule has 0 radical (unpaired) electrons. The molecule has 0 unspecified atom stereocenters. The number of thiophene rings is 1. The van der Waals surface area contributed by atoms with E-state index in [1.165, 1.54) is 0 Å². The van der Waals surface area contributed by atoms with Crippen LogP contribution in [0.1, 0.15) is 15.3 Å². The van der Waals surface area contributed by atoms with Crippen molar-refractivity contribution in [1.29, 1.82) is 0 Å². The molecular weight excluding hydrogens is 176 g/mol. The van der Waals surface area contributed by atoms with Crippen LogP contribution in [0.2, 0.25) is 5.02 Å². The fourth-order valence-corrected chi connectivity index (χ4v) is 2.16. The fourth-order valence-electron chi connectivity index (χ4n) is 0.904. The summed E-state index contributed by atoms with van der Waals surface area (Å²) in [6.07, 6.45) is 3.57. The second-order valence-electron chi connectivity index (χ2n) is 2.16. The molecular formula is C9H9ClS. The molecule has 1 heterocycles. The molecule has 58 valence electrons. The lowest BCUT2D eigenvalue weighted by Crippen LogP contribution is -1.69. The monoisotopic (exact) mass is 184 g/mol. The standard InChI is InChI=1S/C9H9ClS/c1-4-7-8(5-2)11-6(3)9(7)10/h4-5H,1-2H2,3H3. The van der Waals surface area contributed by atoms with E-state index in [1.807, 2.05) is 6.92 Å². The number of hydrogen-bond acceptors (Lipinski definition) is 1. The van der Waals surface area contributed by atoms with Crippen LogP contribution in [0.15, 0.2) is 13.2 Å². The Hall–Kier alpha value is -0.530. The zero-order valence-corrected chi connectivity index (χ0v) is 7.93.